The number of nitrogens with two attached hydrogens (primary N) is 1. The van der Waals surface area contributed by atoms with Crippen molar-refractivity contribution in [2.24, 2.45) is 0 Å². The van der Waals surface area contributed by atoms with Crippen LogP contribution in [-0.4, -0.2) is 15.8 Å². The van der Waals surface area contributed by atoms with Gasteiger partial charge in [0.05, 0.1) is 17.6 Å². The molecule has 0 aliphatic rings. The molecule has 5 heteroatoms. The van der Waals surface area contributed by atoms with Crippen molar-refractivity contribution in [3.05, 3.63) is 59.4 Å². The Morgan fingerprint density at radius 3 is 2.65 bits per heavy atom. The van der Waals surface area contributed by atoms with E-state index in [9.17, 15) is 9.18 Å². The smallest absolute Gasteiger partial charge is 0.201 e. The standard InChI is InChI=1S/C15H12FN3O/c16-12-4-1-10(2-5-12)8-19-14-7-11(9-20)3-6-13(14)18-15(19)17/h1-7,9H,8H2,(H2,17,18). The average Bonchev–Trinajstić information content (AvgIpc) is 2.77. The molecule has 2 N–H and O–H groups in total. The second-order valence-electron chi connectivity index (χ2n) is 4.55. The lowest BCUT2D eigenvalue weighted by Gasteiger charge is -2.07. The molecule has 0 radical (unpaired) electrons. The minimum atomic E-state index is -0.277. The number of hydrogen-bond donors (Lipinski definition) is 1. The lowest BCUT2D eigenvalue weighted by atomic mass is 10.2. The van der Waals surface area contributed by atoms with E-state index < -0.39 is 0 Å². The van der Waals surface area contributed by atoms with E-state index in [2.05, 4.69) is 4.98 Å². The van der Waals surface area contributed by atoms with E-state index in [1.807, 2.05) is 0 Å². The molecule has 2 aromatic carbocycles. The van der Waals surface area contributed by atoms with Gasteiger partial charge in [-0.1, -0.05) is 12.1 Å². The van der Waals surface area contributed by atoms with Gasteiger partial charge in [-0.05, 0) is 35.9 Å². The number of imidazole rings is 1. The number of nitrogens with zero attached hydrogens (tertiary/aromatic N) is 2. The zero-order chi connectivity index (χ0) is 14.1. The Hall–Kier alpha value is -2.69. The lowest BCUT2D eigenvalue weighted by molar-refractivity contribution is 0.112. The summed E-state index contributed by atoms with van der Waals surface area (Å²) in [6.07, 6.45) is 0.783. The number of halogens is 1. The van der Waals surface area contributed by atoms with Crippen LogP contribution in [0.5, 0.6) is 0 Å². The summed E-state index contributed by atoms with van der Waals surface area (Å²) in [5, 5.41) is 0. The molecule has 3 aromatic rings. The summed E-state index contributed by atoms with van der Waals surface area (Å²) >= 11 is 0. The molecule has 0 unspecified atom stereocenters. The first-order valence-corrected chi connectivity index (χ1v) is 6.13. The fourth-order valence-electron chi connectivity index (χ4n) is 2.17. The van der Waals surface area contributed by atoms with Gasteiger partial charge in [-0.2, -0.15) is 0 Å². The number of fused-ring (bicyclic) bond motifs is 1. The van der Waals surface area contributed by atoms with Crippen LogP contribution in [0.2, 0.25) is 0 Å². The highest BCUT2D eigenvalue weighted by Crippen LogP contribution is 2.20. The third kappa shape index (κ3) is 2.14. The van der Waals surface area contributed by atoms with E-state index in [1.165, 1.54) is 12.1 Å². The van der Waals surface area contributed by atoms with Crippen LogP contribution >= 0.6 is 0 Å². The number of carbonyl (C=O) groups excluding carboxylic acids is 1. The van der Waals surface area contributed by atoms with Crippen molar-refractivity contribution < 1.29 is 9.18 Å². The topological polar surface area (TPSA) is 60.9 Å². The highest BCUT2D eigenvalue weighted by atomic mass is 19.1. The maximum absolute atomic E-state index is 12.9. The molecule has 3 rings (SSSR count). The van der Waals surface area contributed by atoms with Crippen molar-refractivity contribution in [3.8, 4) is 0 Å². The largest absolute Gasteiger partial charge is 0.369 e. The van der Waals surface area contributed by atoms with E-state index in [0.29, 0.717) is 18.1 Å². The number of anilines is 1. The molecule has 0 fully saturated rings. The van der Waals surface area contributed by atoms with E-state index in [4.69, 9.17) is 5.73 Å². The molecule has 0 saturated carbocycles. The van der Waals surface area contributed by atoms with Crippen LogP contribution < -0.4 is 5.73 Å². The second kappa shape index (κ2) is 4.77. The van der Waals surface area contributed by atoms with Crippen molar-refractivity contribution >= 4 is 23.3 Å². The van der Waals surface area contributed by atoms with Crippen molar-refractivity contribution in [1.82, 2.24) is 9.55 Å². The predicted molar refractivity (Wildman–Crippen MR) is 75.0 cm³/mol. The molecule has 100 valence electrons. The van der Waals surface area contributed by atoms with Crippen LogP contribution in [-0.2, 0) is 6.54 Å². The number of benzene rings is 2. The summed E-state index contributed by atoms with van der Waals surface area (Å²) in [6.45, 7) is 0.477. The van der Waals surface area contributed by atoms with Crippen molar-refractivity contribution in [2.45, 2.75) is 6.54 Å². The van der Waals surface area contributed by atoms with Crippen LogP contribution in [0.4, 0.5) is 10.3 Å². The normalized spacial score (nSPS) is 10.8. The summed E-state index contributed by atoms with van der Waals surface area (Å²) in [7, 11) is 0. The number of nitrogen functional groups attached to an aromatic ring is 1. The van der Waals surface area contributed by atoms with E-state index >= 15 is 0 Å². The molecular formula is C15H12FN3O. The first-order chi connectivity index (χ1) is 9.67. The number of carbonyl (C=O) groups is 1. The van der Waals surface area contributed by atoms with Crippen molar-refractivity contribution in [2.75, 3.05) is 5.73 Å². The van der Waals surface area contributed by atoms with Gasteiger partial charge in [-0.15, -0.1) is 0 Å². The Kier molecular flexibility index (Phi) is 2.95. The van der Waals surface area contributed by atoms with Gasteiger partial charge >= 0.3 is 0 Å². The fraction of sp³-hybridized carbons (Fsp3) is 0.0667. The summed E-state index contributed by atoms with van der Waals surface area (Å²) in [5.41, 5.74) is 8.91. The molecule has 4 nitrogen and oxygen atoms in total. The SMILES string of the molecule is Nc1nc2ccc(C=O)cc2n1Cc1ccc(F)cc1. The monoisotopic (exact) mass is 269 g/mol. The number of hydrogen-bond acceptors (Lipinski definition) is 3. The van der Waals surface area contributed by atoms with Crippen LogP contribution in [0, 0.1) is 5.82 Å². The van der Waals surface area contributed by atoms with Gasteiger partial charge in [-0.25, -0.2) is 9.37 Å². The molecule has 0 atom stereocenters. The Morgan fingerprint density at radius 1 is 1.20 bits per heavy atom. The molecule has 0 aliphatic heterocycles. The van der Waals surface area contributed by atoms with E-state index in [0.717, 1.165) is 22.9 Å². The summed E-state index contributed by atoms with van der Waals surface area (Å²) < 4.78 is 14.7. The third-order valence-electron chi connectivity index (χ3n) is 3.19. The van der Waals surface area contributed by atoms with Crippen molar-refractivity contribution in [1.29, 1.82) is 0 Å². The first kappa shape index (κ1) is 12.3. The Balaban J connectivity index is 2.07. The highest BCUT2D eigenvalue weighted by molar-refractivity contribution is 5.86. The minimum absolute atomic E-state index is 0.277. The highest BCUT2D eigenvalue weighted by Gasteiger charge is 2.09. The van der Waals surface area contributed by atoms with Gasteiger partial charge in [0.2, 0.25) is 5.95 Å². The van der Waals surface area contributed by atoms with Crippen LogP contribution in [0.1, 0.15) is 15.9 Å². The first-order valence-electron chi connectivity index (χ1n) is 6.13. The quantitative estimate of drug-likeness (QED) is 0.743. The zero-order valence-corrected chi connectivity index (χ0v) is 10.6. The maximum Gasteiger partial charge on any atom is 0.201 e. The Bertz CT molecular complexity index is 778. The molecule has 20 heavy (non-hydrogen) atoms. The molecule has 0 saturated heterocycles. The van der Waals surface area contributed by atoms with Gasteiger partial charge in [0, 0.05) is 5.56 Å². The van der Waals surface area contributed by atoms with Crippen molar-refractivity contribution in [3.63, 3.8) is 0 Å². The van der Waals surface area contributed by atoms with Gasteiger partial charge in [0.1, 0.15) is 12.1 Å². The molecule has 0 aliphatic carbocycles. The number of rotatable bonds is 3. The van der Waals surface area contributed by atoms with Crippen LogP contribution in [0.15, 0.2) is 42.5 Å². The minimum Gasteiger partial charge on any atom is -0.369 e. The molecule has 0 spiro atoms. The second-order valence-corrected chi connectivity index (χ2v) is 4.55. The van der Waals surface area contributed by atoms with Gasteiger partial charge in [0.25, 0.3) is 0 Å². The van der Waals surface area contributed by atoms with Crippen LogP contribution in [0.3, 0.4) is 0 Å². The lowest BCUT2D eigenvalue weighted by Crippen LogP contribution is -2.04. The zero-order valence-electron chi connectivity index (χ0n) is 10.6. The van der Waals surface area contributed by atoms with E-state index in [1.54, 1.807) is 34.9 Å². The Labute approximate surface area is 114 Å². The third-order valence-corrected chi connectivity index (χ3v) is 3.19. The molecule has 0 bridgehead atoms. The van der Waals surface area contributed by atoms with Crippen LogP contribution in [0.25, 0.3) is 11.0 Å². The van der Waals surface area contributed by atoms with E-state index in [-0.39, 0.29) is 5.82 Å². The molecule has 1 aromatic heterocycles. The van der Waals surface area contributed by atoms with Gasteiger partial charge in [-0.3, -0.25) is 4.79 Å². The molecule has 1 heterocycles. The average molecular weight is 269 g/mol. The fourth-order valence-corrected chi connectivity index (χ4v) is 2.17. The summed E-state index contributed by atoms with van der Waals surface area (Å²) in [6, 6.07) is 11.4. The summed E-state index contributed by atoms with van der Waals surface area (Å²) in [4.78, 5) is 15.1. The molecular weight excluding hydrogens is 257 g/mol. The van der Waals surface area contributed by atoms with Gasteiger partial charge in [0.15, 0.2) is 0 Å². The number of aldehydes is 1. The maximum atomic E-state index is 12.9. The molecule has 0 amide bonds. The van der Waals surface area contributed by atoms with Gasteiger partial charge < -0.3 is 10.3 Å². The number of aromatic nitrogens is 2. The Morgan fingerprint density at radius 2 is 1.95 bits per heavy atom. The summed E-state index contributed by atoms with van der Waals surface area (Å²) in [5.74, 6) is 0.0906. The predicted octanol–water partition coefficient (Wildman–Crippen LogP) is 2.62.